The molecule has 1 saturated carbocycles. The van der Waals surface area contributed by atoms with E-state index in [9.17, 15) is 9.90 Å². The number of methoxy groups -OCH3 is 1. The molecule has 1 aromatic carbocycles. The Hall–Kier alpha value is -1.51. The van der Waals surface area contributed by atoms with E-state index in [1.165, 1.54) is 0 Å². The summed E-state index contributed by atoms with van der Waals surface area (Å²) < 4.78 is 5.07. The van der Waals surface area contributed by atoms with Gasteiger partial charge in [0.2, 0.25) is 0 Å². The maximum absolute atomic E-state index is 11.4. The van der Waals surface area contributed by atoms with Crippen molar-refractivity contribution < 1.29 is 14.6 Å². The Morgan fingerprint density at radius 3 is 2.38 bits per heavy atom. The molecule has 1 aliphatic rings. The zero-order valence-electron chi connectivity index (χ0n) is 9.56. The van der Waals surface area contributed by atoms with Crippen LogP contribution in [0, 0.1) is 5.92 Å². The highest BCUT2D eigenvalue weighted by molar-refractivity contribution is 5.83. The number of carbonyl (C=O) groups is 1. The number of carboxylic acids is 1. The third-order valence-electron chi connectivity index (χ3n) is 3.80. The number of hydrogen-bond donors (Lipinski definition) is 1. The fraction of sp³-hybridized carbons (Fsp3) is 0.462. The molecule has 0 heterocycles. The number of rotatable bonds is 3. The summed E-state index contributed by atoms with van der Waals surface area (Å²) in [7, 11) is 1.61. The Kier molecular flexibility index (Phi) is 2.62. The zero-order valence-corrected chi connectivity index (χ0v) is 9.56. The molecule has 1 N–H and O–H groups in total. The normalized spacial score (nSPS) is 28.2. The van der Waals surface area contributed by atoms with Crippen LogP contribution in [0.25, 0.3) is 0 Å². The summed E-state index contributed by atoms with van der Waals surface area (Å²) in [6.07, 6.45) is 1.72. The number of ether oxygens (including phenoxy) is 1. The third-order valence-corrected chi connectivity index (χ3v) is 3.80. The van der Waals surface area contributed by atoms with Crippen molar-refractivity contribution in [2.24, 2.45) is 5.92 Å². The Morgan fingerprint density at radius 1 is 1.44 bits per heavy atom. The highest BCUT2D eigenvalue weighted by atomic mass is 16.5. The molecule has 3 heteroatoms. The standard InChI is InChI=1S/C13H16O3/c1-9-7-8-13(9,12(14)15)10-3-5-11(16-2)6-4-10/h3-6,9H,7-8H2,1-2H3,(H,14,15). The minimum absolute atomic E-state index is 0.207. The van der Waals surface area contributed by atoms with Gasteiger partial charge in [-0.15, -0.1) is 0 Å². The van der Waals surface area contributed by atoms with E-state index in [1.807, 2.05) is 31.2 Å². The van der Waals surface area contributed by atoms with E-state index in [1.54, 1.807) is 7.11 Å². The molecule has 0 aromatic heterocycles. The van der Waals surface area contributed by atoms with E-state index >= 15 is 0 Å². The summed E-state index contributed by atoms with van der Waals surface area (Å²) in [6, 6.07) is 7.38. The lowest BCUT2D eigenvalue weighted by molar-refractivity contribution is -0.151. The van der Waals surface area contributed by atoms with E-state index in [0.29, 0.717) is 0 Å². The Balaban J connectivity index is 2.37. The number of hydrogen-bond acceptors (Lipinski definition) is 2. The van der Waals surface area contributed by atoms with Gasteiger partial charge in [0, 0.05) is 0 Å². The fourth-order valence-electron chi connectivity index (χ4n) is 2.48. The summed E-state index contributed by atoms with van der Waals surface area (Å²) in [5.74, 6) is 0.256. The quantitative estimate of drug-likeness (QED) is 0.851. The van der Waals surface area contributed by atoms with Gasteiger partial charge in [-0.3, -0.25) is 4.79 Å². The average Bonchev–Trinajstić information content (AvgIpc) is 2.28. The van der Waals surface area contributed by atoms with Gasteiger partial charge in [-0.2, -0.15) is 0 Å². The van der Waals surface area contributed by atoms with Crippen molar-refractivity contribution >= 4 is 5.97 Å². The van der Waals surface area contributed by atoms with Crippen LogP contribution in [0.15, 0.2) is 24.3 Å². The highest BCUT2D eigenvalue weighted by Gasteiger charge is 2.51. The topological polar surface area (TPSA) is 46.5 Å². The molecule has 0 amide bonds. The van der Waals surface area contributed by atoms with Crippen LogP contribution in [-0.4, -0.2) is 18.2 Å². The molecule has 2 unspecified atom stereocenters. The van der Waals surface area contributed by atoms with E-state index in [2.05, 4.69) is 0 Å². The second-order valence-electron chi connectivity index (χ2n) is 4.44. The van der Waals surface area contributed by atoms with Gasteiger partial charge in [0.1, 0.15) is 5.75 Å². The van der Waals surface area contributed by atoms with Crippen molar-refractivity contribution in [2.45, 2.75) is 25.2 Å². The lowest BCUT2D eigenvalue weighted by atomic mass is 9.57. The van der Waals surface area contributed by atoms with Crippen LogP contribution in [0.3, 0.4) is 0 Å². The van der Waals surface area contributed by atoms with Gasteiger partial charge in [-0.1, -0.05) is 19.1 Å². The Bertz CT molecular complexity index is 396. The largest absolute Gasteiger partial charge is 0.497 e. The molecule has 0 saturated heterocycles. The minimum atomic E-state index is -0.712. The molecule has 1 aromatic rings. The van der Waals surface area contributed by atoms with Crippen LogP contribution < -0.4 is 4.74 Å². The Labute approximate surface area is 95.0 Å². The van der Waals surface area contributed by atoms with Crippen LogP contribution in [0.5, 0.6) is 5.75 Å². The summed E-state index contributed by atoms with van der Waals surface area (Å²) >= 11 is 0. The fourth-order valence-corrected chi connectivity index (χ4v) is 2.48. The predicted molar refractivity (Wildman–Crippen MR) is 60.7 cm³/mol. The second kappa shape index (κ2) is 3.81. The van der Waals surface area contributed by atoms with Gasteiger partial charge in [-0.05, 0) is 36.5 Å². The van der Waals surface area contributed by atoms with Crippen LogP contribution >= 0.6 is 0 Å². The smallest absolute Gasteiger partial charge is 0.314 e. The highest BCUT2D eigenvalue weighted by Crippen LogP contribution is 2.49. The van der Waals surface area contributed by atoms with Crippen molar-refractivity contribution in [3.05, 3.63) is 29.8 Å². The van der Waals surface area contributed by atoms with Gasteiger partial charge < -0.3 is 9.84 Å². The SMILES string of the molecule is COc1ccc(C2(C(=O)O)CCC2C)cc1. The number of benzene rings is 1. The lowest BCUT2D eigenvalue weighted by Gasteiger charge is -2.44. The maximum Gasteiger partial charge on any atom is 0.314 e. The first-order valence-electron chi connectivity index (χ1n) is 5.49. The van der Waals surface area contributed by atoms with E-state index in [4.69, 9.17) is 4.74 Å². The van der Waals surface area contributed by atoms with Crippen LogP contribution in [0.2, 0.25) is 0 Å². The average molecular weight is 220 g/mol. The molecule has 86 valence electrons. The van der Waals surface area contributed by atoms with Gasteiger partial charge in [0.15, 0.2) is 0 Å². The van der Waals surface area contributed by atoms with Crippen molar-refractivity contribution in [3.8, 4) is 5.75 Å². The minimum Gasteiger partial charge on any atom is -0.497 e. The molecular weight excluding hydrogens is 204 g/mol. The molecule has 0 bridgehead atoms. The number of carboxylic acid groups (broad SMARTS) is 1. The van der Waals surface area contributed by atoms with Crippen molar-refractivity contribution in [1.29, 1.82) is 0 Å². The molecule has 16 heavy (non-hydrogen) atoms. The summed E-state index contributed by atoms with van der Waals surface area (Å²) in [5.41, 5.74) is 0.214. The van der Waals surface area contributed by atoms with E-state index in [0.717, 1.165) is 24.2 Å². The molecule has 1 fully saturated rings. The first-order valence-corrected chi connectivity index (χ1v) is 5.49. The first-order chi connectivity index (χ1) is 7.61. The number of aliphatic carboxylic acids is 1. The van der Waals surface area contributed by atoms with Crippen LogP contribution in [0.1, 0.15) is 25.3 Å². The molecule has 2 atom stereocenters. The predicted octanol–water partition coefficient (Wildman–Crippen LogP) is 2.45. The molecule has 0 aliphatic heterocycles. The summed E-state index contributed by atoms with van der Waals surface area (Å²) in [4.78, 5) is 11.4. The molecule has 2 rings (SSSR count). The second-order valence-corrected chi connectivity index (χ2v) is 4.44. The van der Waals surface area contributed by atoms with E-state index in [-0.39, 0.29) is 5.92 Å². The van der Waals surface area contributed by atoms with Gasteiger partial charge in [-0.25, -0.2) is 0 Å². The first kappa shape index (κ1) is 11.0. The van der Waals surface area contributed by atoms with Gasteiger partial charge in [0.05, 0.1) is 12.5 Å². The van der Waals surface area contributed by atoms with Crippen LogP contribution in [0.4, 0.5) is 0 Å². The molecule has 0 spiro atoms. The summed E-state index contributed by atoms with van der Waals surface area (Å²) in [6.45, 7) is 2.00. The molecule has 0 radical (unpaired) electrons. The molecule has 3 nitrogen and oxygen atoms in total. The van der Waals surface area contributed by atoms with Gasteiger partial charge in [0.25, 0.3) is 0 Å². The summed E-state index contributed by atoms with van der Waals surface area (Å²) in [5, 5.41) is 9.40. The van der Waals surface area contributed by atoms with Gasteiger partial charge >= 0.3 is 5.97 Å². The molecular formula is C13H16O3. The van der Waals surface area contributed by atoms with Crippen molar-refractivity contribution in [2.75, 3.05) is 7.11 Å². The lowest BCUT2D eigenvalue weighted by Crippen LogP contribution is -2.49. The van der Waals surface area contributed by atoms with Crippen LogP contribution in [-0.2, 0) is 10.2 Å². The Morgan fingerprint density at radius 2 is 2.06 bits per heavy atom. The van der Waals surface area contributed by atoms with Crippen molar-refractivity contribution in [3.63, 3.8) is 0 Å². The van der Waals surface area contributed by atoms with Crippen molar-refractivity contribution in [1.82, 2.24) is 0 Å². The monoisotopic (exact) mass is 220 g/mol. The molecule has 1 aliphatic carbocycles. The van der Waals surface area contributed by atoms with E-state index < -0.39 is 11.4 Å². The third kappa shape index (κ3) is 1.39. The zero-order chi connectivity index (χ0) is 11.8. The maximum atomic E-state index is 11.4.